The number of aryl methyl sites for hydroxylation is 1. The van der Waals surface area contributed by atoms with Gasteiger partial charge in [-0.3, -0.25) is 9.69 Å². The molecule has 1 amide bonds. The smallest absolute Gasteiger partial charge is 0.220 e. The lowest BCUT2D eigenvalue weighted by molar-refractivity contribution is -0.121. The number of nitrogens with zero attached hydrogens (tertiary/aromatic N) is 2. The maximum atomic E-state index is 12.4. The van der Waals surface area contributed by atoms with Crippen LogP contribution in [0.1, 0.15) is 37.3 Å². The summed E-state index contributed by atoms with van der Waals surface area (Å²) >= 11 is 0. The van der Waals surface area contributed by atoms with Crippen molar-refractivity contribution in [3.05, 3.63) is 77.8 Å². The van der Waals surface area contributed by atoms with Crippen molar-refractivity contribution >= 4 is 5.91 Å². The van der Waals surface area contributed by atoms with E-state index in [1.54, 1.807) is 6.20 Å². The number of benzene rings is 2. The van der Waals surface area contributed by atoms with Crippen LogP contribution in [0.3, 0.4) is 0 Å². The van der Waals surface area contributed by atoms with Crippen LogP contribution >= 0.6 is 0 Å². The van der Waals surface area contributed by atoms with Gasteiger partial charge in [-0.05, 0) is 31.4 Å². The highest BCUT2D eigenvalue weighted by Gasteiger charge is 2.30. The summed E-state index contributed by atoms with van der Waals surface area (Å²) in [5.74, 6) is 1.35. The second-order valence-electron chi connectivity index (χ2n) is 8.51. The normalized spacial score (nSPS) is 14.3. The second-order valence-corrected chi connectivity index (χ2v) is 8.51. The number of aromatic nitrogens is 1. The van der Waals surface area contributed by atoms with E-state index >= 15 is 0 Å². The van der Waals surface area contributed by atoms with Crippen LogP contribution in [0.4, 0.5) is 0 Å². The molecule has 0 unspecified atom stereocenters. The van der Waals surface area contributed by atoms with Gasteiger partial charge in [0, 0.05) is 43.6 Å². The van der Waals surface area contributed by atoms with Gasteiger partial charge in [-0.1, -0.05) is 54.6 Å². The van der Waals surface area contributed by atoms with E-state index in [1.165, 1.54) is 11.1 Å². The molecule has 0 saturated heterocycles. The summed E-state index contributed by atoms with van der Waals surface area (Å²) in [5.41, 5.74) is 3.72. The molecule has 0 saturated carbocycles. The zero-order chi connectivity index (χ0) is 21.0. The van der Waals surface area contributed by atoms with Crippen LogP contribution < -0.4 is 5.32 Å². The second kappa shape index (κ2) is 8.84. The van der Waals surface area contributed by atoms with Gasteiger partial charge in [0.25, 0.3) is 0 Å². The van der Waals surface area contributed by atoms with Gasteiger partial charge in [0.15, 0.2) is 11.7 Å². The van der Waals surface area contributed by atoms with Crippen LogP contribution in [-0.2, 0) is 24.2 Å². The number of oxazole rings is 1. The predicted octanol–water partition coefficient (Wildman–Crippen LogP) is 4.23. The third kappa shape index (κ3) is 4.79. The Morgan fingerprint density at radius 1 is 1.10 bits per heavy atom. The Balaban J connectivity index is 1.26. The number of fused-ring (bicyclic) bond motifs is 1. The highest BCUT2D eigenvalue weighted by molar-refractivity contribution is 5.76. The summed E-state index contributed by atoms with van der Waals surface area (Å²) in [4.78, 5) is 19.2. The maximum Gasteiger partial charge on any atom is 0.220 e. The molecule has 30 heavy (non-hydrogen) atoms. The van der Waals surface area contributed by atoms with Gasteiger partial charge < -0.3 is 9.73 Å². The third-order valence-electron chi connectivity index (χ3n) is 5.88. The minimum Gasteiger partial charge on any atom is -0.441 e. The van der Waals surface area contributed by atoms with Crippen LogP contribution in [0, 0.1) is 0 Å². The van der Waals surface area contributed by atoms with Crippen molar-refractivity contribution in [2.24, 2.45) is 0 Å². The van der Waals surface area contributed by atoms with Gasteiger partial charge in [-0.25, -0.2) is 4.98 Å². The van der Waals surface area contributed by atoms with Crippen LogP contribution in [0.5, 0.6) is 0 Å². The van der Waals surface area contributed by atoms with Crippen molar-refractivity contribution < 1.29 is 9.21 Å². The van der Waals surface area contributed by atoms with Gasteiger partial charge in [0.1, 0.15) is 0 Å². The van der Waals surface area contributed by atoms with E-state index in [0.29, 0.717) is 25.3 Å². The Morgan fingerprint density at radius 3 is 2.63 bits per heavy atom. The van der Waals surface area contributed by atoms with Crippen LogP contribution in [0.15, 0.2) is 65.2 Å². The van der Waals surface area contributed by atoms with Crippen LogP contribution in [0.25, 0.3) is 11.3 Å². The van der Waals surface area contributed by atoms with Crippen molar-refractivity contribution in [3.8, 4) is 11.3 Å². The number of rotatable bonds is 7. The van der Waals surface area contributed by atoms with Crippen LogP contribution in [0.2, 0.25) is 0 Å². The zero-order valence-electron chi connectivity index (χ0n) is 17.7. The molecule has 2 heterocycles. The summed E-state index contributed by atoms with van der Waals surface area (Å²) in [6.07, 6.45) is 3.64. The van der Waals surface area contributed by atoms with Crippen molar-refractivity contribution in [2.45, 2.75) is 45.2 Å². The van der Waals surface area contributed by atoms with Crippen molar-refractivity contribution in [2.75, 3.05) is 13.1 Å². The van der Waals surface area contributed by atoms with E-state index in [-0.39, 0.29) is 11.4 Å². The minimum absolute atomic E-state index is 0.0277. The van der Waals surface area contributed by atoms with Gasteiger partial charge in [0.2, 0.25) is 5.91 Å². The summed E-state index contributed by atoms with van der Waals surface area (Å²) < 4.78 is 5.79. The highest BCUT2D eigenvalue weighted by Crippen LogP contribution is 2.25. The largest absolute Gasteiger partial charge is 0.441 e. The number of hydrogen-bond donors (Lipinski definition) is 1. The molecule has 5 heteroatoms. The Bertz CT molecular complexity index is 994. The summed E-state index contributed by atoms with van der Waals surface area (Å²) in [7, 11) is 0. The molecule has 5 nitrogen and oxygen atoms in total. The molecule has 1 aromatic heterocycles. The number of carbonyl (C=O) groups is 1. The molecular weight excluding hydrogens is 374 g/mol. The van der Waals surface area contributed by atoms with E-state index in [2.05, 4.69) is 53.3 Å². The molecule has 0 atom stereocenters. The molecular formula is C25H29N3O2. The number of nitrogens with one attached hydrogen (secondary N) is 1. The monoisotopic (exact) mass is 403 g/mol. The molecule has 1 N–H and O–H groups in total. The quantitative estimate of drug-likeness (QED) is 0.641. The van der Waals surface area contributed by atoms with Crippen molar-refractivity contribution in [1.82, 2.24) is 15.2 Å². The van der Waals surface area contributed by atoms with Gasteiger partial charge in [-0.15, -0.1) is 0 Å². The fourth-order valence-electron chi connectivity index (χ4n) is 3.91. The summed E-state index contributed by atoms with van der Waals surface area (Å²) in [6.45, 7) is 6.95. The van der Waals surface area contributed by atoms with Gasteiger partial charge in [0.05, 0.1) is 6.20 Å². The first-order chi connectivity index (χ1) is 14.5. The van der Waals surface area contributed by atoms with Crippen molar-refractivity contribution in [3.63, 3.8) is 0 Å². The third-order valence-corrected chi connectivity index (χ3v) is 5.88. The summed E-state index contributed by atoms with van der Waals surface area (Å²) in [6, 6.07) is 18.5. The molecule has 156 valence electrons. The topological polar surface area (TPSA) is 58.4 Å². The Labute approximate surface area is 178 Å². The average molecular weight is 404 g/mol. The molecule has 0 aliphatic carbocycles. The molecule has 2 aromatic carbocycles. The molecule has 4 rings (SSSR count). The molecule has 1 aliphatic rings. The van der Waals surface area contributed by atoms with E-state index in [4.69, 9.17) is 4.42 Å². The molecule has 0 spiro atoms. The fourth-order valence-corrected chi connectivity index (χ4v) is 3.91. The van der Waals surface area contributed by atoms with Gasteiger partial charge >= 0.3 is 0 Å². The van der Waals surface area contributed by atoms with Gasteiger partial charge in [-0.2, -0.15) is 0 Å². The lowest BCUT2D eigenvalue weighted by Crippen LogP contribution is -2.53. The Morgan fingerprint density at radius 2 is 1.83 bits per heavy atom. The SMILES string of the molecule is CC(C)(CNC(=O)CCc1ncc(-c2ccccc2)o1)N1CCc2ccccc2C1. The van der Waals surface area contributed by atoms with E-state index in [1.807, 2.05) is 30.3 Å². The fraction of sp³-hybridized carbons (Fsp3) is 0.360. The van der Waals surface area contributed by atoms with E-state index in [9.17, 15) is 4.79 Å². The maximum absolute atomic E-state index is 12.4. The van der Waals surface area contributed by atoms with Crippen molar-refractivity contribution in [1.29, 1.82) is 0 Å². The molecule has 0 radical (unpaired) electrons. The zero-order valence-corrected chi connectivity index (χ0v) is 17.7. The Hall–Kier alpha value is -2.92. The first-order valence-electron chi connectivity index (χ1n) is 10.6. The standard InChI is InChI=1S/C25H29N3O2/c1-25(2,28-15-14-19-8-6-7-11-21(19)17-28)18-27-23(29)12-13-24-26-16-22(30-24)20-9-4-3-5-10-20/h3-11,16H,12-15,17-18H2,1-2H3,(H,27,29). The van der Waals surface area contributed by atoms with Crippen LogP contribution in [-0.4, -0.2) is 34.4 Å². The van der Waals surface area contributed by atoms with E-state index in [0.717, 1.165) is 30.8 Å². The number of amides is 1. The number of hydrogen-bond acceptors (Lipinski definition) is 4. The highest BCUT2D eigenvalue weighted by atomic mass is 16.4. The lowest BCUT2D eigenvalue weighted by atomic mass is 9.94. The Kier molecular flexibility index (Phi) is 6.00. The molecule has 3 aromatic rings. The molecule has 0 fully saturated rings. The predicted molar refractivity (Wildman–Crippen MR) is 118 cm³/mol. The molecule has 0 bridgehead atoms. The summed E-state index contributed by atoms with van der Waals surface area (Å²) in [5, 5.41) is 3.10. The molecule has 1 aliphatic heterocycles. The minimum atomic E-state index is -0.105. The lowest BCUT2D eigenvalue weighted by Gasteiger charge is -2.41. The number of carbonyl (C=O) groups excluding carboxylic acids is 1. The first kappa shape index (κ1) is 20.4. The van der Waals surface area contributed by atoms with E-state index < -0.39 is 0 Å². The average Bonchev–Trinajstić information content (AvgIpc) is 3.26. The first-order valence-corrected chi connectivity index (χ1v) is 10.6.